The van der Waals surface area contributed by atoms with Crippen molar-refractivity contribution >= 4 is 35.8 Å². The molecule has 1 saturated heterocycles. The topological polar surface area (TPSA) is 105 Å². The van der Waals surface area contributed by atoms with Gasteiger partial charge in [-0.3, -0.25) is 0 Å². The molecule has 1 aromatic rings. The van der Waals surface area contributed by atoms with Gasteiger partial charge in [0.25, 0.3) is 0 Å². The Bertz CT molecular complexity index is 711. The quantitative estimate of drug-likeness (QED) is 0.750. The van der Waals surface area contributed by atoms with Crippen LogP contribution in [0.1, 0.15) is 18.6 Å². The molecular formula is C11H17BrN2O5S2. The van der Waals surface area contributed by atoms with Crippen LogP contribution in [0.3, 0.4) is 0 Å². The molecule has 0 amide bonds. The summed E-state index contributed by atoms with van der Waals surface area (Å²) in [5.41, 5.74) is 0. The smallest absolute Gasteiger partial charge is 0.245 e. The second kappa shape index (κ2) is 6.37. The summed E-state index contributed by atoms with van der Waals surface area (Å²) in [7, 11) is -5.28. The van der Waals surface area contributed by atoms with E-state index in [9.17, 15) is 16.8 Å². The summed E-state index contributed by atoms with van der Waals surface area (Å²) in [5.74, 6) is 0.430. The van der Waals surface area contributed by atoms with E-state index in [1.807, 2.05) is 0 Å². The summed E-state index contributed by atoms with van der Waals surface area (Å²) in [6.07, 6.45) is 0.977. The summed E-state index contributed by atoms with van der Waals surface area (Å²) in [4.78, 5) is -0.0179. The molecule has 1 unspecified atom stereocenters. The van der Waals surface area contributed by atoms with Crippen LogP contribution in [-0.2, 0) is 26.4 Å². The molecule has 2 heterocycles. The fraction of sp³-hybridized carbons (Fsp3) is 0.636. The molecule has 7 nitrogen and oxygen atoms in total. The predicted molar refractivity (Wildman–Crippen MR) is 81.2 cm³/mol. The van der Waals surface area contributed by atoms with Gasteiger partial charge in [-0.05, 0) is 35.8 Å². The van der Waals surface area contributed by atoms with E-state index in [0.717, 1.165) is 0 Å². The van der Waals surface area contributed by atoms with Gasteiger partial charge in [0.15, 0.2) is 14.5 Å². The van der Waals surface area contributed by atoms with Gasteiger partial charge < -0.3 is 9.73 Å². The van der Waals surface area contributed by atoms with Crippen molar-refractivity contribution in [2.45, 2.75) is 30.3 Å². The van der Waals surface area contributed by atoms with Crippen molar-refractivity contribution in [2.24, 2.45) is 0 Å². The number of nitrogens with one attached hydrogen (secondary N) is 2. The van der Waals surface area contributed by atoms with E-state index in [1.54, 1.807) is 7.05 Å². The summed E-state index contributed by atoms with van der Waals surface area (Å²) in [5, 5.41) is 2.86. The highest BCUT2D eigenvalue weighted by Gasteiger charge is 2.30. The summed E-state index contributed by atoms with van der Waals surface area (Å²) in [6.45, 7) is 0.395. The van der Waals surface area contributed by atoms with Crippen molar-refractivity contribution in [3.63, 3.8) is 0 Å². The monoisotopic (exact) mass is 400 g/mol. The van der Waals surface area contributed by atoms with E-state index in [1.165, 1.54) is 6.07 Å². The average molecular weight is 401 g/mol. The number of rotatable bonds is 5. The van der Waals surface area contributed by atoms with E-state index in [2.05, 4.69) is 26.0 Å². The van der Waals surface area contributed by atoms with Gasteiger partial charge in [-0.15, -0.1) is 0 Å². The van der Waals surface area contributed by atoms with Crippen LogP contribution in [0.15, 0.2) is 20.0 Å². The average Bonchev–Trinajstić information content (AvgIpc) is 2.69. The van der Waals surface area contributed by atoms with Crippen molar-refractivity contribution in [2.75, 3.05) is 18.6 Å². The molecule has 2 N–H and O–H groups in total. The maximum Gasteiger partial charge on any atom is 0.245 e. The molecule has 21 heavy (non-hydrogen) atoms. The molecule has 1 aliphatic rings. The predicted octanol–water partition coefficient (Wildman–Crippen LogP) is 0.617. The molecule has 0 spiro atoms. The Labute approximate surface area is 132 Å². The number of halogens is 1. The van der Waals surface area contributed by atoms with Crippen LogP contribution in [0, 0.1) is 0 Å². The largest absolute Gasteiger partial charge is 0.452 e. The highest BCUT2D eigenvalue weighted by molar-refractivity contribution is 9.10. The molecule has 0 radical (unpaired) electrons. The van der Waals surface area contributed by atoms with Crippen LogP contribution >= 0.6 is 15.9 Å². The molecule has 2 rings (SSSR count). The molecule has 1 atom stereocenters. The van der Waals surface area contributed by atoms with E-state index < -0.39 is 25.9 Å². The normalized spacial score (nSPS) is 22.3. The molecule has 0 aliphatic carbocycles. The lowest BCUT2D eigenvalue weighted by molar-refractivity contribution is 0.469. The lowest BCUT2D eigenvalue weighted by Crippen LogP contribution is -2.43. The zero-order valence-electron chi connectivity index (χ0n) is 11.4. The van der Waals surface area contributed by atoms with Gasteiger partial charge in [0.1, 0.15) is 10.7 Å². The van der Waals surface area contributed by atoms with Crippen LogP contribution < -0.4 is 10.0 Å². The second-order valence-corrected chi connectivity index (χ2v) is 9.59. The van der Waals surface area contributed by atoms with Gasteiger partial charge >= 0.3 is 0 Å². The molecular weight excluding hydrogens is 384 g/mol. The summed E-state index contributed by atoms with van der Waals surface area (Å²) in [6, 6.07) is 0.823. The van der Waals surface area contributed by atoms with Crippen molar-refractivity contribution < 1.29 is 21.3 Å². The van der Waals surface area contributed by atoms with Crippen LogP contribution in [0.2, 0.25) is 0 Å². The van der Waals surface area contributed by atoms with Crippen molar-refractivity contribution in [1.29, 1.82) is 0 Å². The first-order chi connectivity index (χ1) is 9.73. The lowest BCUT2D eigenvalue weighted by Gasteiger charge is -2.22. The lowest BCUT2D eigenvalue weighted by atomic mass is 10.2. The van der Waals surface area contributed by atoms with Gasteiger partial charge in [0.2, 0.25) is 10.0 Å². The van der Waals surface area contributed by atoms with Crippen LogP contribution in [0.4, 0.5) is 0 Å². The second-order valence-electron chi connectivity index (χ2n) is 4.96. The first-order valence-electron chi connectivity index (χ1n) is 6.39. The molecule has 0 saturated carbocycles. The Morgan fingerprint density at radius 3 is 2.81 bits per heavy atom. The molecule has 120 valence electrons. The van der Waals surface area contributed by atoms with Crippen LogP contribution in [0.5, 0.6) is 0 Å². The first kappa shape index (κ1) is 16.9. The highest BCUT2D eigenvalue weighted by Crippen LogP contribution is 2.27. The van der Waals surface area contributed by atoms with Crippen molar-refractivity contribution in [3.05, 3.63) is 16.5 Å². The Morgan fingerprint density at radius 2 is 2.19 bits per heavy atom. The molecule has 0 bridgehead atoms. The number of sulfonamides is 1. The first-order valence-corrected chi connectivity index (χ1v) is 10.5. The van der Waals surface area contributed by atoms with E-state index in [0.29, 0.717) is 25.1 Å². The SMILES string of the molecule is CNCc1cc(S(=O)(=O)NC2CCCS(=O)(=O)C2)c(Br)o1. The van der Waals surface area contributed by atoms with Gasteiger partial charge in [0, 0.05) is 12.1 Å². The zero-order chi connectivity index (χ0) is 15.7. The van der Waals surface area contributed by atoms with E-state index in [4.69, 9.17) is 4.42 Å². The van der Waals surface area contributed by atoms with Gasteiger partial charge in [-0.25, -0.2) is 21.6 Å². The Kier molecular flexibility index (Phi) is 5.14. The van der Waals surface area contributed by atoms with Crippen molar-refractivity contribution in [3.8, 4) is 0 Å². The Morgan fingerprint density at radius 1 is 1.48 bits per heavy atom. The number of hydrogen-bond acceptors (Lipinski definition) is 6. The Balaban J connectivity index is 2.18. The summed E-state index contributed by atoms with van der Waals surface area (Å²) >= 11 is 3.08. The molecule has 10 heteroatoms. The minimum Gasteiger partial charge on any atom is -0.452 e. The molecule has 1 aliphatic heterocycles. The number of hydrogen-bond donors (Lipinski definition) is 2. The summed E-state index contributed by atoms with van der Waals surface area (Å²) < 4.78 is 55.6. The third-order valence-corrected chi connectivity index (χ3v) is 7.33. The van der Waals surface area contributed by atoms with E-state index in [-0.39, 0.29) is 21.1 Å². The maximum atomic E-state index is 12.3. The van der Waals surface area contributed by atoms with Crippen LogP contribution in [-0.4, -0.2) is 41.4 Å². The fourth-order valence-corrected chi connectivity index (χ4v) is 6.25. The minimum absolute atomic E-state index is 0.0179. The molecule has 1 aromatic heterocycles. The number of furan rings is 1. The maximum absolute atomic E-state index is 12.3. The molecule has 0 aromatic carbocycles. The molecule has 1 fully saturated rings. The van der Waals surface area contributed by atoms with Gasteiger partial charge in [0.05, 0.1) is 18.1 Å². The minimum atomic E-state index is -3.82. The van der Waals surface area contributed by atoms with Gasteiger partial charge in [-0.1, -0.05) is 0 Å². The van der Waals surface area contributed by atoms with Crippen molar-refractivity contribution in [1.82, 2.24) is 10.0 Å². The standard InChI is InChI=1S/C11H17BrN2O5S2/c1-13-6-9-5-10(11(12)19-9)21(17,18)14-8-3-2-4-20(15,16)7-8/h5,8,13-14H,2-4,6-7H2,1H3. The van der Waals surface area contributed by atoms with E-state index >= 15 is 0 Å². The third-order valence-electron chi connectivity index (χ3n) is 3.13. The number of sulfone groups is 1. The fourth-order valence-electron chi connectivity index (χ4n) is 2.24. The zero-order valence-corrected chi connectivity index (χ0v) is 14.6. The van der Waals surface area contributed by atoms with Gasteiger partial charge in [-0.2, -0.15) is 0 Å². The highest BCUT2D eigenvalue weighted by atomic mass is 79.9. The Hall–Kier alpha value is -0.420. The van der Waals surface area contributed by atoms with Crippen LogP contribution in [0.25, 0.3) is 0 Å². The third kappa shape index (κ3) is 4.28.